The third-order valence-electron chi connectivity index (χ3n) is 5.88. The average molecular weight is 495 g/mol. The normalized spacial score (nSPS) is 21.0. The number of pyridine rings is 1. The summed E-state index contributed by atoms with van der Waals surface area (Å²) in [6.45, 7) is 2.79. The summed E-state index contributed by atoms with van der Waals surface area (Å²) in [6.07, 6.45) is 4.66. The van der Waals surface area contributed by atoms with Crippen molar-refractivity contribution < 1.29 is 14.3 Å². The van der Waals surface area contributed by atoms with Crippen LogP contribution in [-0.4, -0.2) is 48.8 Å². The number of ether oxygens (including phenoxy) is 2. The molecule has 1 amide bonds. The number of hydrogen-bond acceptors (Lipinski definition) is 5. The molecule has 0 radical (unpaired) electrons. The van der Waals surface area contributed by atoms with Crippen LogP contribution in [0, 0.1) is 5.92 Å². The number of amides is 1. The maximum atomic E-state index is 11.9. The fourth-order valence-corrected chi connectivity index (χ4v) is 4.68. The minimum absolute atomic E-state index is 0.169. The average Bonchev–Trinajstić information content (AvgIpc) is 3.38. The van der Waals surface area contributed by atoms with E-state index < -0.39 is 0 Å². The summed E-state index contributed by atoms with van der Waals surface area (Å²) in [6, 6.07) is 10.3. The molecular formula is C22H25BrClN3O3. The van der Waals surface area contributed by atoms with Crippen molar-refractivity contribution >= 4 is 39.4 Å². The summed E-state index contributed by atoms with van der Waals surface area (Å²) in [4.78, 5) is 20.7. The third kappa shape index (κ3) is 4.83. The van der Waals surface area contributed by atoms with E-state index in [4.69, 9.17) is 21.1 Å². The lowest BCUT2D eigenvalue weighted by Crippen LogP contribution is -2.35. The zero-order valence-electron chi connectivity index (χ0n) is 16.9. The van der Waals surface area contributed by atoms with Gasteiger partial charge in [0.05, 0.1) is 23.1 Å². The SMILES string of the molecule is COc1ccc(CN(CC2CCC(N3CCOC3=O)C2)c2cc(Cl)c(Br)cn2)cc1. The topological polar surface area (TPSA) is 54.9 Å². The molecule has 2 unspecified atom stereocenters. The summed E-state index contributed by atoms with van der Waals surface area (Å²) in [5, 5.41) is 0.642. The molecule has 1 aromatic heterocycles. The predicted octanol–water partition coefficient (Wildman–Crippen LogP) is 5.13. The van der Waals surface area contributed by atoms with Gasteiger partial charge in [-0.2, -0.15) is 0 Å². The second kappa shape index (κ2) is 9.43. The first-order valence-electron chi connectivity index (χ1n) is 10.2. The van der Waals surface area contributed by atoms with Crippen LogP contribution in [-0.2, 0) is 11.3 Å². The Morgan fingerprint density at radius 1 is 1.33 bits per heavy atom. The molecule has 1 saturated heterocycles. The fraction of sp³-hybridized carbons (Fsp3) is 0.455. The molecule has 2 aliphatic rings. The maximum absolute atomic E-state index is 11.9. The van der Waals surface area contributed by atoms with Crippen LogP contribution in [0.1, 0.15) is 24.8 Å². The first-order chi connectivity index (χ1) is 14.5. The minimum Gasteiger partial charge on any atom is -0.497 e. The number of rotatable bonds is 7. The number of carbonyl (C=O) groups is 1. The molecule has 1 saturated carbocycles. The fourth-order valence-electron chi connectivity index (χ4n) is 4.31. The molecule has 4 rings (SSSR count). The quantitative estimate of drug-likeness (QED) is 0.534. The van der Waals surface area contributed by atoms with Gasteiger partial charge in [0.2, 0.25) is 0 Å². The van der Waals surface area contributed by atoms with E-state index >= 15 is 0 Å². The van der Waals surface area contributed by atoms with Crippen LogP contribution in [0.15, 0.2) is 41.0 Å². The van der Waals surface area contributed by atoms with E-state index in [1.54, 1.807) is 13.3 Å². The number of hydrogen-bond donors (Lipinski definition) is 0. The Labute approximate surface area is 190 Å². The molecule has 1 aliphatic carbocycles. The molecule has 30 heavy (non-hydrogen) atoms. The lowest BCUT2D eigenvalue weighted by atomic mass is 10.1. The first kappa shape index (κ1) is 21.2. The zero-order chi connectivity index (χ0) is 21.1. The number of methoxy groups -OCH3 is 1. The lowest BCUT2D eigenvalue weighted by Gasteiger charge is -2.28. The van der Waals surface area contributed by atoms with Gasteiger partial charge in [-0.25, -0.2) is 9.78 Å². The largest absolute Gasteiger partial charge is 0.497 e. The van der Waals surface area contributed by atoms with Crippen molar-refractivity contribution in [2.75, 3.05) is 31.7 Å². The summed E-state index contributed by atoms with van der Waals surface area (Å²) in [5.41, 5.74) is 1.18. The molecule has 0 spiro atoms. The Morgan fingerprint density at radius 3 is 2.80 bits per heavy atom. The smallest absolute Gasteiger partial charge is 0.410 e. The van der Waals surface area contributed by atoms with Gasteiger partial charge in [-0.3, -0.25) is 0 Å². The first-order valence-corrected chi connectivity index (χ1v) is 11.3. The van der Waals surface area contributed by atoms with Crippen molar-refractivity contribution in [3.05, 3.63) is 51.6 Å². The van der Waals surface area contributed by atoms with Gasteiger partial charge in [0.1, 0.15) is 18.2 Å². The van der Waals surface area contributed by atoms with E-state index in [1.165, 1.54) is 5.56 Å². The number of benzene rings is 1. The highest BCUT2D eigenvalue weighted by molar-refractivity contribution is 9.10. The van der Waals surface area contributed by atoms with Gasteiger partial charge < -0.3 is 19.3 Å². The Bertz CT molecular complexity index is 896. The number of carbonyl (C=O) groups excluding carboxylic acids is 1. The molecule has 0 bridgehead atoms. The van der Waals surface area contributed by atoms with Gasteiger partial charge >= 0.3 is 6.09 Å². The number of anilines is 1. The molecule has 6 nitrogen and oxygen atoms in total. The van der Waals surface area contributed by atoms with Gasteiger partial charge in [-0.1, -0.05) is 23.7 Å². The summed E-state index contributed by atoms with van der Waals surface area (Å²) in [5.74, 6) is 2.17. The van der Waals surface area contributed by atoms with Gasteiger partial charge in [-0.05, 0) is 58.8 Å². The van der Waals surface area contributed by atoms with Crippen LogP contribution in [0.2, 0.25) is 5.02 Å². The number of aromatic nitrogens is 1. The maximum Gasteiger partial charge on any atom is 0.410 e. The van der Waals surface area contributed by atoms with Gasteiger partial charge in [0.25, 0.3) is 0 Å². The van der Waals surface area contributed by atoms with E-state index in [9.17, 15) is 4.79 Å². The third-order valence-corrected chi connectivity index (χ3v) is 7.05. The van der Waals surface area contributed by atoms with E-state index in [0.717, 1.165) is 48.4 Å². The Balaban J connectivity index is 1.49. The van der Waals surface area contributed by atoms with Crippen molar-refractivity contribution in [3.8, 4) is 5.75 Å². The van der Waals surface area contributed by atoms with Crippen LogP contribution < -0.4 is 9.64 Å². The molecule has 2 fully saturated rings. The molecule has 1 aromatic carbocycles. The molecule has 8 heteroatoms. The molecule has 160 valence electrons. The highest BCUT2D eigenvalue weighted by Crippen LogP contribution is 2.34. The molecule has 2 atom stereocenters. The summed E-state index contributed by atoms with van der Waals surface area (Å²) in [7, 11) is 1.67. The van der Waals surface area contributed by atoms with Crippen LogP contribution in [0.5, 0.6) is 5.75 Å². The van der Waals surface area contributed by atoms with Crippen LogP contribution in [0.3, 0.4) is 0 Å². The second-order valence-corrected chi connectivity index (χ2v) is 9.09. The van der Waals surface area contributed by atoms with Gasteiger partial charge in [0, 0.05) is 31.4 Å². The number of cyclic esters (lactones) is 1. The Morgan fingerprint density at radius 2 is 2.13 bits per heavy atom. The van der Waals surface area contributed by atoms with Gasteiger partial charge in [-0.15, -0.1) is 0 Å². The highest BCUT2D eigenvalue weighted by Gasteiger charge is 2.36. The summed E-state index contributed by atoms with van der Waals surface area (Å²) >= 11 is 9.78. The molecule has 2 aromatic rings. The zero-order valence-corrected chi connectivity index (χ0v) is 19.2. The molecule has 1 aliphatic heterocycles. The van der Waals surface area contributed by atoms with Crippen LogP contribution >= 0.6 is 27.5 Å². The van der Waals surface area contributed by atoms with Crippen molar-refractivity contribution in [2.45, 2.75) is 31.8 Å². The Kier molecular flexibility index (Phi) is 6.68. The predicted molar refractivity (Wildman–Crippen MR) is 120 cm³/mol. The highest BCUT2D eigenvalue weighted by atomic mass is 79.9. The van der Waals surface area contributed by atoms with E-state index in [1.807, 2.05) is 23.1 Å². The van der Waals surface area contributed by atoms with Crippen LogP contribution in [0.4, 0.5) is 10.6 Å². The summed E-state index contributed by atoms with van der Waals surface area (Å²) < 4.78 is 11.2. The molecule has 0 N–H and O–H groups in total. The number of halogens is 2. The van der Waals surface area contributed by atoms with Crippen molar-refractivity contribution in [2.24, 2.45) is 5.92 Å². The van der Waals surface area contributed by atoms with E-state index in [2.05, 4.69) is 37.9 Å². The monoisotopic (exact) mass is 493 g/mol. The Hall–Kier alpha value is -1.99. The lowest BCUT2D eigenvalue weighted by molar-refractivity contribution is 0.147. The van der Waals surface area contributed by atoms with Crippen LogP contribution in [0.25, 0.3) is 0 Å². The van der Waals surface area contributed by atoms with Crippen molar-refractivity contribution in [3.63, 3.8) is 0 Å². The van der Waals surface area contributed by atoms with E-state index in [-0.39, 0.29) is 12.1 Å². The minimum atomic E-state index is -0.169. The standard InChI is InChI=1S/C22H25BrClN3O3/c1-29-18-6-3-15(4-7-18)13-26(21-11-20(24)19(23)12-25-21)14-16-2-5-17(10-16)27-8-9-30-22(27)28/h3-4,6-7,11-12,16-17H,2,5,8-10,13-14H2,1H3. The second-order valence-electron chi connectivity index (χ2n) is 7.83. The van der Waals surface area contributed by atoms with E-state index in [0.29, 0.717) is 24.1 Å². The number of nitrogens with zero attached hydrogens (tertiary/aromatic N) is 3. The molecule has 2 heterocycles. The van der Waals surface area contributed by atoms with Gasteiger partial charge in [0.15, 0.2) is 0 Å². The van der Waals surface area contributed by atoms with Crippen molar-refractivity contribution in [1.29, 1.82) is 0 Å². The molecular weight excluding hydrogens is 470 g/mol. The van der Waals surface area contributed by atoms with Crippen molar-refractivity contribution in [1.82, 2.24) is 9.88 Å².